The van der Waals surface area contributed by atoms with E-state index >= 15 is 0 Å². The van der Waals surface area contributed by atoms with Crippen molar-refractivity contribution in [3.8, 4) is 0 Å². The van der Waals surface area contributed by atoms with E-state index in [1.54, 1.807) is 6.20 Å². The minimum atomic E-state index is -2.48. The van der Waals surface area contributed by atoms with Crippen molar-refractivity contribution in [1.82, 2.24) is 20.7 Å². The van der Waals surface area contributed by atoms with Crippen LogP contribution >= 0.6 is 0 Å². The number of alkyl halides is 2. The molecule has 96 valence electrons. The van der Waals surface area contributed by atoms with E-state index in [1.165, 1.54) is 0 Å². The quantitative estimate of drug-likeness (QED) is 0.854. The average Bonchev–Trinajstić information content (AvgIpc) is 2.78. The minimum absolute atomic E-state index is 0.00301. The Bertz CT molecular complexity index is 339. The first kappa shape index (κ1) is 12.4. The Balaban J connectivity index is 1.95. The molecule has 1 fully saturated rings. The van der Waals surface area contributed by atoms with E-state index in [-0.39, 0.29) is 24.8 Å². The number of rotatable bonds is 4. The Morgan fingerprint density at radius 3 is 3.06 bits per heavy atom. The largest absolute Gasteiger partial charge is 0.312 e. The van der Waals surface area contributed by atoms with Crippen molar-refractivity contribution >= 4 is 0 Å². The molecular weight excluding hydrogens is 226 g/mol. The molecule has 0 spiro atoms. The highest BCUT2D eigenvalue weighted by Gasteiger charge is 2.37. The fourth-order valence-corrected chi connectivity index (χ4v) is 2.58. The molecule has 1 aromatic heterocycles. The third-order valence-corrected chi connectivity index (χ3v) is 3.45. The van der Waals surface area contributed by atoms with Gasteiger partial charge in [-0.15, -0.1) is 0 Å². The van der Waals surface area contributed by atoms with Crippen molar-refractivity contribution < 1.29 is 8.78 Å². The SMILES string of the molecule is CNC(CC1CCCC(F)(F)C1)c1cn[nH]n1. The van der Waals surface area contributed by atoms with Crippen molar-refractivity contribution in [1.29, 1.82) is 0 Å². The number of nitrogens with one attached hydrogen (secondary N) is 2. The maximum atomic E-state index is 13.3. The summed E-state index contributed by atoms with van der Waals surface area (Å²) in [6, 6.07) is 0.00708. The average molecular weight is 244 g/mol. The second-order valence-electron chi connectivity index (χ2n) is 4.79. The molecule has 0 bridgehead atoms. The monoisotopic (exact) mass is 244 g/mol. The maximum Gasteiger partial charge on any atom is 0.248 e. The first-order valence-electron chi connectivity index (χ1n) is 6.01. The van der Waals surface area contributed by atoms with E-state index in [2.05, 4.69) is 20.7 Å². The van der Waals surface area contributed by atoms with Crippen LogP contribution in [0.5, 0.6) is 0 Å². The molecule has 17 heavy (non-hydrogen) atoms. The zero-order valence-corrected chi connectivity index (χ0v) is 9.92. The molecule has 0 aliphatic heterocycles. The number of hydrogen-bond donors (Lipinski definition) is 2. The van der Waals surface area contributed by atoms with Gasteiger partial charge < -0.3 is 5.32 Å². The van der Waals surface area contributed by atoms with E-state index in [9.17, 15) is 8.78 Å². The van der Waals surface area contributed by atoms with E-state index in [1.807, 2.05) is 7.05 Å². The van der Waals surface area contributed by atoms with Crippen LogP contribution in [0.25, 0.3) is 0 Å². The Labute approximate surface area is 99.2 Å². The summed E-state index contributed by atoms with van der Waals surface area (Å²) in [5.41, 5.74) is 0.793. The second kappa shape index (κ2) is 5.08. The molecule has 1 aromatic rings. The molecule has 0 radical (unpaired) electrons. The van der Waals surface area contributed by atoms with Gasteiger partial charge in [-0.2, -0.15) is 15.4 Å². The zero-order valence-electron chi connectivity index (χ0n) is 9.92. The number of halogens is 2. The summed E-state index contributed by atoms with van der Waals surface area (Å²) in [5, 5.41) is 13.4. The highest BCUT2D eigenvalue weighted by molar-refractivity contribution is 5.00. The molecule has 0 amide bonds. The van der Waals surface area contributed by atoms with Crippen LogP contribution in [0.15, 0.2) is 6.20 Å². The standard InChI is InChI=1S/C11H18F2N4/c1-14-9(10-7-15-17-16-10)5-8-3-2-4-11(12,13)6-8/h7-9,14H,2-6H2,1H3,(H,15,16,17). The van der Waals surface area contributed by atoms with Crippen LogP contribution in [0.3, 0.4) is 0 Å². The summed E-state index contributed by atoms with van der Waals surface area (Å²) in [6.07, 6.45) is 3.88. The summed E-state index contributed by atoms with van der Waals surface area (Å²) in [5.74, 6) is -2.42. The molecule has 6 heteroatoms. The van der Waals surface area contributed by atoms with Crippen molar-refractivity contribution in [3.63, 3.8) is 0 Å². The summed E-state index contributed by atoms with van der Waals surface area (Å²) < 4.78 is 26.6. The van der Waals surface area contributed by atoms with Gasteiger partial charge in [-0.3, -0.25) is 0 Å². The molecule has 0 aromatic carbocycles. The number of H-pyrrole nitrogens is 1. The summed E-state index contributed by atoms with van der Waals surface area (Å²) >= 11 is 0. The van der Waals surface area contributed by atoms with Gasteiger partial charge in [0.1, 0.15) is 0 Å². The van der Waals surface area contributed by atoms with Crippen LogP contribution in [-0.2, 0) is 0 Å². The van der Waals surface area contributed by atoms with Crippen LogP contribution in [0.4, 0.5) is 8.78 Å². The molecule has 4 nitrogen and oxygen atoms in total. The molecule has 1 heterocycles. The predicted molar refractivity (Wildman–Crippen MR) is 59.7 cm³/mol. The smallest absolute Gasteiger partial charge is 0.248 e. The van der Waals surface area contributed by atoms with Gasteiger partial charge in [-0.1, -0.05) is 0 Å². The lowest BCUT2D eigenvalue weighted by Crippen LogP contribution is -2.29. The third-order valence-electron chi connectivity index (χ3n) is 3.45. The zero-order chi connectivity index (χ0) is 12.3. The van der Waals surface area contributed by atoms with Crippen LogP contribution in [0, 0.1) is 5.92 Å². The highest BCUT2D eigenvalue weighted by Crippen LogP contribution is 2.39. The van der Waals surface area contributed by atoms with Gasteiger partial charge in [0.2, 0.25) is 5.92 Å². The normalized spacial score (nSPS) is 25.7. The van der Waals surface area contributed by atoms with E-state index in [4.69, 9.17) is 0 Å². The van der Waals surface area contributed by atoms with Crippen molar-refractivity contribution in [2.75, 3.05) is 7.05 Å². The van der Waals surface area contributed by atoms with Gasteiger partial charge in [-0.25, -0.2) is 8.78 Å². The number of aromatic nitrogens is 3. The fourth-order valence-electron chi connectivity index (χ4n) is 2.58. The van der Waals surface area contributed by atoms with Gasteiger partial charge in [0, 0.05) is 12.8 Å². The lowest BCUT2D eigenvalue weighted by atomic mass is 9.82. The fraction of sp³-hybridized carbons (Fsp3) is 0.818. The molecular formula is C11H18F2N4. The first-order chi connectivity index (χ1) is 8.11. The molecule has 2 rings (SSSR count). The molecule has 1 aliphatic carbocycles. The number of hydrogen-bond acceptors (Lipinski definition) is 3. The van der Waals surface area contributed by atoms with Gasteiger partial charge >= 0.3 is 0 Å². The van der Waals surface area contributed by atoms with E-state index in [0.29, 0.717) is 12.8 Å². The minimum Gasteiger partial charge on any atom is -0.312 e. The van der Waals surface area contributed by atoms with Crippen LogP contribution < -0.4 is 5.32 Å². The number of nitrogens with zero attached hydrogens (tertiary/aromatic N) is 2. The van der Waals surface area contributed by atoms with Crippen LogP contribution in [-0.4, -0.2) is 28.4 Å². The van der Waals surface area contributed by atoms with Crippen molar-refractivity contribution in [2.24, 2.45) is 5.92 Å². The predicted octanol–water partition coefficient (Wildman–Crippen LogP) is 2.28. The topological polar surface area (TPSA) is 53.6 Å². The Kier molecular flexibility index (Phi) is 3.71. The summed E-state index contributed by atoms with van der Waals surface area (Å²) in [7, 11) is 1.82. The first-order valence-corrected chi connectivity index (χ1v) is 6.01. The van der Waals surface area contributed by atoms with Crippen molar-refractivity contribution in [2.45, 2.75) is 44.1 Å². The number of aromatic amines is 1. The second-order valence-corrected chi connectivity index (χ2v) is 4.79. The lowest BCUT2D eigenvalue weighted by molar-refractivity contribution is -0.0548. The van der Waals surface area contributed by atoms with Gasteiger partial charge in [0.05, 0.1) is 17.9 Å². The summed E-state index contributed by atoms with van der Waals surface area (Å²) in [4.78, 5) is 0. The molecule has 1 saturated carbocycles. The van der Waals surface area contributed by atoms with Gasteiger partial charge in [0.15, 0.2) is 0 Å². The lowest BCUT2D eigenvalue weighted by Gasteiger charge is -2.30. The molecule has 2 atom stereocenters. The van der Waals surface area contributed by atoms with Gasteiger partial charge in [-0.05, 0) is 32.2 Å². The highest BCUT2D eigenvalue weighted by atomic mass is 19.3. The Morgan fingerprint density at radius 2 is 2.47 bits per heavy atom. The molecule has 2 unspecified atom stereocenters. The Hall–Kier alpha value is -1.04. The van der Waals surface area contributed by atoms with Crippen molar-refractivity contribution in [3.05, 3.63) is 11.9 Å². The third kappa shape index (κ3) is 3.21. The van der Waals surface area contributed by atoms with Crippen LogP contribution in [0.2, 0.25) is 0 Å². The Morgan fingerprint density at radius 1 is 1.65 bits per heavy atom. The molecule has 0 saturated heterocycles. The van der Waals surface area contributed by atoms with E-state index in [0.717, 1.165) is 12.1 Å². The maximum absolute atomic E-state index is 13.3. The van der Waals surface area contributed by atoms with Gasteiger partial charge in [0.25, 0.3) is 0 Å². The van der Waals surface area contributed by atoms with E-state index < -0.39 is 5.92 Å². The molecule has 2 N–H and O–H groups in total. The molecule has 1 aliphatic rings. The summed E-state index contributed by atoms with van der Waals surface area (Å²) in [6.45, 7) is 0. The van der Waals surface area contributed by atoms with Crippen LogP contribution in [0.1, 0.15) is 43.8 Å².